The molecule has 0 aliphatic carbocycles. The molecule has 5 heteroatoms. The number of aliphatic carboxylic acids is 1. The fraction of sp³-hybridized carbons (Fsp3) is 0.818. The topological polar surface area (TPSA) is 92.4 Å². The molecule has 0 saturated heterocycles. The zero-order valence-electron chi connectivity index (χ0n) is 9.87. The highest BCUT2D eigenvalue weighted by Gasteiger charge is 2.13. The van der Waals surface area contributed by atoms with Crippen LogP contribution in [0.2, 0.25) is 0 Å². The lowest BCUT2D eigenvalue weighted by atomic mass is 10.1. The van der Waals surface area contributed by atoms with Gasteiger partial charge in [0, 0.05) is 13.0 Å². The maximum atomic E-state index is 11.4. The van der Waals surface area contributed by atoms with E-state index >= 15 is 0 Å². The molecule has 94 valence electrons. The van der Waals surface area contributed by atoms with Crippen molar-refractivity contribution >= 4 is 11.9 Å². The summed E-state index contributed by atoms with van der Waals surface area (Å²) in [6, 6.07) is -0.706. The van der Waals surface area contributed by atoms with E-state index in [-0.39, 0.29) is 18.7 Å². The minimum atomic E-state index is -0.925. The van der Waals surface area contributed by atoms with E-state index in [1.165, 1.54) is 6.42 Å². The third kappa shape index (κ3) is 8.23. The Kier molecular flexibility index (Phi) is 8.52. The number of carbonyl (C=O) groups is 2. The third-order valence-corrected chi connectivity index (χ3v) is 2.34. The maximum absolute atomic E-state index is 11.4. The second-order valence-corrected chi connectivity index (χ2v) is 3.89. The molecule has 0 fully saturated rings. The van der Waals surface area contributed by atoms with Gasteiger partial charge in [-0.2, -0.15) is 0 Å². The molecule has 0 aromatic carbocycles. The number of carboxylic acid groups (broad SMARTS) is 1. The van der Waals surface area contributed by atoms with Crippen LogP contribution < -0.4 is 11.1 Å². The highest BCUT2D eigenvalue weighted by Crippen LogP contribution is 1.98. The van der Waals surface area contributed by atoms with Crippen molar-refractivity contribution in [3.63, 3.8) is 0 Å². The lowest BCUT2D eigenvalue weighted by molar-refractivity contribution is -0.137. The highest BCUT2D eigenvalue weighted by molar-refractivity contribution is 5.82. The van der Waals surface area contributed by atoms with Gasteiger partial charge < -0.3 is 16.2 Å². The summed E-state index contributed by atoms with van der Waals surface area (Å²) in [7, 11) is 0. The van der Waals surface area contributed by atoms with Crippen LogP contribution in [-0.4, -0.2) is 29.6 Å². The van der Waals surface area contributed by atoms with Gasteiger partial charge in [0.05, 0.1) is 6.04 Å². The summed E-state index contributed by atoms with van der Waals surface area (Å²) in [5.74, 6) is -1.18. The lowest BCUT2D eigenvalue weighted by Crippen LogP contribution is -2.41. The van der Waals surface area contributed by atoms with E-state index in [0.717, 1.165) is 19.3 Å². The standard InChI is InChI=1S/C11H22N2O3/c1-2-3-4-5-8-13-11(16)9(12)6-7-10(14)15/h9H,2-8,12H2,1H3,(H,13,16)(H,14,15). The summed E-state index contributed by atoms with van der Waals surface area (Å²) in [5.41, 5.74) is 5.53. The second kappa shape index (κ2) is 9.15. The summed E-state index contributed by atoms with van der Waals surface area (Å²) in [6.07, 6.45) is 4.50. The van der Waals surface area contributed by atoms with Crippen LogP contribution in [0.25, 0.3) is 0 Å². The molecule has 0 aromatic rings. The quantitative estimate of drug-likeness (QED) is 0.512. The van der Waals surface area contributed by atoms with Crippen molar-refractivity contribution in [2.45, 2.75) is 51.5 Å². The van der Waals surface area contributed by atoms with Gasteiger partial charge in [0.25, 0.3) is 0 Å². The first-order chi connectivity index (χ1) is 7.57. The number of nitrogens with one attached hydrogen (secondary N) is 1. The minimum absolute atomic E-state index is 0.0651. The van der Waals surface area contributed by atoms with Crippen LogP contribution in [0.3, 0.4) is 0 Å². The minimum Gasteiger partial charge on any atom is -0.481 e. The molecule has 1 amide bonds. The first-order valence-corrected chi connectivity index (χ1v) is 5.83. The Morgan fingerprint density at radius 3 is 2.56 bits per heavy atom. The summed E-state index contributed by atoms with van der Waals surface area (Å²) in [6.45, 7) is 2.75. The Morgan fingerprint density at radius 2 is 2.00 bits per heavy atom. The van der Waals surface area contributed by atoms with E-state index in [0.29, 0.717) is 6.54 Å². The first-order valence-electron chi connectivity index (χ1n) is 5.83. The van der Waals surface area contributed by atoms with Crippen molar-refractivity contribution in [1.82, 2.24) is 5.32 Å². The number of unbranched alkanes of at least 4 members (excludes halogenated alkanes) is 3. The summed E-state index contributed by atoms with van der Waals surface area (Å²) < 4.78 is 0. The average Bonchev–Trinajstić information content (AvgIpc) is 2.25. The molecular formula is C11H22N2O3. The van der Waals surface area contributed by atoms with Gasteiger partial charge in [-0.15, -0.1) is 0 Å². The van der Waals surface area contributed by atoms with E-state index in [1.54, 1.807) is 0 Å². The molecule has 16 heavy (non-hydrogen) atoms. The van der Waals surface area contributed by atoms with Gasteiger partial charge in [0.15, 0.2) is 0 Å². The Hall–Kier alpha value is -1.10. The molecule has 0 aliphatic heterocycles. The molecule has 0 aliphatic rings. The van der Waals surface area contributed by atoms with Crippen molar-refractivity contribution in [2.24, 2.45) is 5.73 Å². The Balaban J connectivity index is 3.51. The molecule has 1 unspecified atom stereocenters. The number of amides is 1. The average molecular weight is 230 g/mol. The highest BCUT2D eigenvalue weighted by atomic mass is 16.4. The fourth-order valence-corrected chi connectivity index (χ4v) is 1.30. The second-order valence-electron chi connectivity index (χ2n) is 3.89. The molecule has 0 radical (unpaired) electrons. The normalized spacial score (nSPS) is 12.1. The monoisotopic (exact) mass is 230 g/mol. The number of carboxylic acids is 1. The molecule has 0 heterocycles. The molecule has 0 rings (SSSR count). The molecule has 0 saturated carbocycles. The Labute approximate surface area is 96.4 Å². The van der Waals surface area contributed by atoms with E-state index < -0.39 is 12.0 Å². The van der Waals surface area contributed by atoms with Crippen LogP contribution >= 0.6 is 0 Å². The van der Waals surface area contributed by atoms with Gasteiger partial charge >= 0.3 is 5.97 Å². The zero-order valence-corrected chi connectivity index (χ0v) is 9.87. The van der Waals surface area contributed by atoms with Crippen molar-refractivity contribution in [3.05, 3.63) is 0 Å². The number of hydrogen-bond acceptors (Lipinski definition) is 3. The SMILES string of the molecule is CCCCCCNC(=O)C(N)CCC(=O)O. The number of nitrogens with two attached hydrogens (primary N) is 1. The molecule has 1 atom stereocenters. The van der Waals surface area contributed by atoms with Crippen molar-refractivity contribution < 1.29 is 14.7 Å². The lowest BCUT2D eigenvalue weighted by Gasteiger charge is -2.10. The fourth-order valence-electron chi connectivity index (χ4n) is 1.30. The molecule has 4 N–H and O–H groups in total. The largest absolute Gasteiger partial charge is 0.481 e. The number of carbonyl (C=O) groups excluding carboxylic acids is 1. The molecule has 0 bridgehead atoms. The van der Waals surface area contributed by atoms with E-state index in [4.69, 9.17) is 10.8 Å². The van der Waals surface area contributed by atoms with Crippen molar-refractivity contribution in [3.8, 4) is 0 Å². The summed E-state index contributed by atoms with van der Waals surface area (Å²) in [4.78, 5) is 21.6. The van der Waals surface area contributed by atoms with Gasteiger partial charge in [-0.25, -0.2) is 0 Å². The van der Waals surface area contributed by atoms with Crippen molar-refractivity contribution in [2.75, 3.05) is 6.54 Å². The first kappa shape index (κ1) is 14.9. The van der Waals surface area contributed by atoms with Gasteiger partial charge in [-0.1, -0.05) is 26.2 Å². The van der Waals surface area contributed by atoms with Crippen LogP contribution in [0.1, 0.15) is 45.4 Å². The Morgan fingerprint density at radius 1 is 1.31 bits per heavy atom. The smallest absolute Gasteiger partial charge is 0.303 e. The predicted molar refractivity (Wildman–Crippen MR) is 62.0 cm³/mol. The van der Waals surface area contributed by atoms with Gasteiger partial charge in [0.1, 0.15) is 0 Å². The van der Waals surface area contributed by atoms with Crippen molar-refractivity contribution in [1.29, 1.82) is 0 Å². The summed E-state index contributed by atoms with van der Waals surface area (Å²) >= 11 is 0. The molecular weight excluding hydrogens is 208 g/mol. The Bertz CT molecular complexity index is 219. The number of hydrogen-bond donors (Lipinski definition) is 3. The van der Waals surface area contributed by atoms with Crippen LogP contribution in [-0.2, 0) is 9.59 Å². The molecule has 5 nitrogen and oxygen atoms in total. The van der Waals surface area contributed by atoms with Crippen LogP contribution in [0.5, 0.6) is 0 Å². The van der Waals surface area contributed by atoms with E-state index in [1.807, 2.05) is 0 Å². The predicted octanol–water partition coefficient (Wildman–Crippen LogP) is 0.875. The van der Waals surface area contributed by atoms with Gasteiger partial charge in [-0.05, 0) is 12.8 Å². The van der Waals surface area contributed by atoms with Gasteiger partial charge in [-0.3, -0.25) is 9.59 Å². The van der Waals surface area contributed by atoms with E-state index in [9.17, 15) is 9.59 Å². The van der Waals surface area contributed by atoms with Crippen LogP contribution in [0.15, 0.2) is 0 Å². The molecule has 0 aromatic heterocycles. The zero-order chi connectivity index (χ0) is 12.4. The number of rotatable bonds is 9. The van der Waals surface area contributed by atoms with Gasteiger partial charge in [0.2, 0.25) is 5.91 Å². The molecule has 0 spiro atoms. The van der Waals surface area contributed by atoms with E-state index in [2.05, 4.69) is 12.2 Å². The van der Waals surface area contributed by atoms with Crippen LogP contribution in [0.4, 0.5) is 0 Å². The maximum Gasteiger partial charge on any atom is 0.303 e. The summed E-state index contributed by atoms with van der Waals surface area (Å²) in [5, 5.41) is 11.1. The van der Waals surface area contributed by atoms with Crippen LogP contribution in [0, 0.1) is 0 Å². The third-order valence-electron chi connectivity index (χ3n) is 2.34.